The minimum Gasteiger partial charge on any atom is -0.490 e. The van der Waals surface area contributed by atoms with Gasteiger partial charge in [0.05, 0.1) is 0 Å². The van der Waals surface area contributed by atoms with E-state index in [1.165, 1.54) is 17.7 Å². The van der Waals surface area contributed by atoms with Crippen molar-refractivity contribution in [2.24, 2.45) is 5.41 Å². The van der Waals surface area contributed by atoms with Crippen molar-refractivity contribution in [3.05, 3.63) is 89.7 Å². The SMILES string of the molecule is CN(C)CC(C)(C)CNC(=O)c1cccc(OC2CCN(Cc3cccc(-c4ccc(F)cc4)c3)CC2)c1. The molecule has 202 valence electrons. The van der Waals surface area contributed by atoms with E-state index in [0.29, 0.717) is 12.1 Å². The second kappa shape index (κ2) is 12.5. The van der Waals surface area contributed by atoms with Crippen LogP contribution in [0.25, 0.3) is 11.1 Å². The second-order valence-electron chi connectivity index (χ2n) is 11.4. The second-order valence-corrected chi connectivity index (χ2v) is 11.4. The number of benzene rings is 3. The number of nitrogens with one attached hydrogen (secondary N) is 1. The number of nitrogens with zero attached hydrogens (tertiary/aromatic N) is 2. The summed E-state index contributed by atoms with van der Waals surface area (Å²) in [5, 5.41) is 3.08. The maximum absolute atomic E-state index is 13.3. The van der Waals surface area contributed by atoms with Crippen molar-refractivity contribution >= 4 is 5.91 Å². The zero-order valence-corrected chi connectivity index (χ0v) is 23.0. The number of carbonyl (C=O) groups excluding carboxylic acids is 1. The van der Waals surface area contributed by atoms with Gasteiger partial charge in [-0.05, 0) is 85.4 Å². The quantitative estimate of drug-likeness (QED) is 0.366. The van der Waals surface area contributed by atoms with Gasteiger partial charge in [-0.25, -0.2) is 4.39 Å². The zero-order valence-electron chi connectivity index (χ0n) is 23.0. The molecule has 0 aliphatic carbocycles. The lowest BCUT2D eigenvalue weighted by Crippen LogP contribution is -2.40. The topological polar surface area (TPSA) is 44.8 Å². The Hall–Kier alpha value is -3.22. The number of hydrogen-bond acceptors (Lipinski definition) is 4. The first kappa shape index (κ1) is 27.8. The largest absolute Gasteiger partial charge is 0.490 e. The van der Waals surface area contributed by atoms with Crippen LogP contribution in [0.3, 0.4) is 0 Å². The van der Waals surface area contributed by atoms with Crippen LogP contribution < -0.4 is 10.1 Å². The average Bonchev–Trinajstić information content (AvgIpc) is 2.88. The van der Waals surface area contributed by atoms with Crippen LogP contribution in [0.1, 0.15) is 42.6 Å². The third-order valence-electron chi connectivity index (χ3n) is 6.92. The van der Waals surface area contributed by atoms with Gasteiger partial charge >= 0.3 is 0 Å². The van der Waals surface area contributed by atoms with E-state index < -0.39 is 0 Å². The predicted molar refractivity (Wildman–Crippen MR) is 152 cm³/mol. The molecule has 0 atom stereocenters. The summed E-state index contributed by atoms with van der Waals surface area (Å²) in [5.41, 5.74) is 3.99. The number of hydrogen-bond donors (Lipinski definition) is 1. The average molecular weight is 518 g/mol. The van der Waals surface area contributed by atoms with E-state index in [9.17, 15) is 9.18 Å². The summed E-state index contributed by atoms with van der Waals surface area (Å²) >= 11 is 0. The first-order valence-corrected chi connectivity index (χ1v) is 13.4. The first-order valence-electron chi connectivity index (χ1n) is 13.4. The van der Waals surface area contributed by atoms with Crippen LogP contribution in [0.2, 0.25) is 0 Å². The van der Waals surface area contributed by atoms with Gasteiger partial charge in [-0.15, -0.1) is 0 Å². The van der Waals surface area contributed by atoms with Gasteiger partial charge < -0.3 is 15.0 Å². The smallest absolute Gasteiger partial charge is 0.251 e. The fraction of sp³-hybridized carbons (Fsp3) is 0.406. The van der Waals surface area contributed by atoms with Gasteiger partial charge in [0.15, 0.2) is 0 Å². The van der Waals surface area contributed by atoms with Gasteiger partial charge in [-0.3, -0.25) is 9.69 Å². The number of ether oxygens (including phenoxy) is 1. The number of halogens is 1. The minimum atomic E-state index is -0.218. The van der Waals surface area contributed by atoms with E-state index in [4.69, 9.17) is 4.74 Å². The van der Waals surface area contributed by atoms with Crippen LogP contribution >= 0.6 is 0 Å². The number of rotatable bonds is 10. The van der Waals surface area contributed by atoms with Crippen molar-refractivity contribution in [1.82, 2.24) is 15.1 Å². The van der Waals surface area contributed by atoms with Gasteiger partial charge in [0, 0.05) is 38.3 Å². The highest BCUT2D eigenvalue weighted by molar-refractivity contribution is 5.94. The van der Waals surface area contributed by atoms with E-state index in [2.05, 4.69) is 53.2 Å². The van der Waals surface area contributed by atoms with Gasteiger partial charge in [0.25, 0.3) is 5.91 Å². The number of piperidine rings is 1. The maximum atomic E-state index is 13.3. The normalized spacial score (nSPS) is 15.0. The Morgan fingerprint density at radius 2 is 1.71 bits per heavy atom. The van der Waals surface area contributed by atoms with E-state index in [0.717, 1.165) is 55.9 Å². The molecule has 0 aromatic heterocycles. The van der Waals surface area contributed by atoms with Gasteiger partial charge in [0.2, 0.25) is 0 Å². The van der Waals surface area contributed by atoms with E-state index in [1.807, 2.05) is 50.5 Å². The van der Waals surface area contributed by atoms with Crippen molar-refractivity contribution in [2.45, 2.75) is 39.3 Å². The minimum absolute atomic E-state index is 0.0104. The summed E-state index contributed by atoms with van der Waals surface area (Å²) in [7, 11) is 4.09. The Balaban J connectivity index is 1.27. The van der Waals surface area contributed by atoms with Crippen LogP contribution in [-0.4, -0.2) is 62.1 Å². The third kappa shape index (κ3) is 8.14. The van der Waals surface area contributed by atoms with Crippen molar-refractivity contribution in [2.75, 3.05) is 40.3 Å². The summed E-state index contributed by atoms with van der Waals surface area (Å²) in [6.07, 6.45) is 2.01. The molecule has 1 amide bonds. The molecule has 1 aliphatic heterocycles. The molecule has 1 saturated heterocycles. The molecular weight excluding hydrogens is 477 g/mol. The Morgan fingerprint density at radius 1 is 1.00 bits per heavy atom. The molecule has 0 unspecified atom stereocenters. The Labute approximate surface area is 226 Å². The van der Waals surface area contributed by atoms with Crippen molar-refractivity contribution in [3.63, 3.8) is 0 Å². The fourth-order valence-corrected chi connectivity index (χ4v) is 5.17. The molecule has 1 heterocycles. The molecule has 3 aromatic rings. The Bertz CT molecular complexity index is 1200. The van der Waals surface area contributed by atoms with Crippen LogP contribution in [0.5, 0.6) is 5.75 Å². The van der Waals surface area contributed by atoms with Crippen molar-refractivity contribution in [3.8, 4) is 16.9 Å². The standard InChI is InChI=1S/C32H40FN3O2/c1-32(2,23-35(3)4)22-34-31(37)27-9-6-10-30(20-27)38-29-15-17-36(18-16-29)21-24-7-5-8-26(19-24)25-11-13-28(33)14-12-25/h5-14,19-20,29H,15-18,21-23H2,1-4H3,(H,34,37). The highest BCUT2D eigenvalue weighted by Crippen LogP contribution is 2.24. The molecule has 1 fully saturated rings. The highest BCUT2D eigenvalue weighted by atomic mass is 19.1. The number of amides is 1. The van der Waals surface area contributed by atoms with Gasteiger partial charge in [-0.1, -0.05) is 50.2 Å². The summed E-state index contributed by atoms with van der Waals surface area (Å²) in [6.45, 7) is 8.60. The Morgan fingerprint density at radius 3 is 2.42 bits per heavy atom. The monoisotopic (exact) mass is 517 g/mol. The predicted octanol–water partition coefficient (Wildman–Crippen LogP) is 5.85. The zero-order chi connectivity index (χ0) is 27.1. The maximum Gasteiger partial charge on any atom is 0.251 e. The third-order valence-corrected chi connectivity index (χ3v) is 6.92. The molecule has 1 aliphatic rings. The number of likely N-dealkylation sites (tertiary alicyclic amines) is 1. The van der Waals surface area contributed by atoms with Crippen LogP contribution in [-0.2, 0) is 6.54 Å². The van der Waals surface area contributed by atoms with Crippen molar-refractivity contribution < 1.29 is 13.9 Å². The molecular formula is C32H40FN3O2. The Kier molecular flexibility index (Phi) is 9.18. The molecule has 0 saturated carbocycles. The van der Waals surface area contributed by atoms with E-state index >= 15 is 0 Å². The molecule has 0 radical (unpaired) electrons. The van der Waals surface area contributed by atoms with Crippen LogP contribution in [0.15, 0.2) is 72.8 Å². The summed E-state index contributed by atoms with van der Waals surface area (Å²) in [6, 6.07) is 22.6. The van der Waals surface area contributed by atoms with Gasteiger partial charge in [0.1, 0.15) is 17.7 Å². The lowest BCUT2D eigenvalue weighted by molar-refractivity contribution is 0.0918. The lowest BCUT2D eigenvalue weighted by Gasteiger charge is -2.32. The lowest BCUT2D eigenvalue weighted by atomic mass is 9.93. The molecule has 6 heteroatoms. The molecule has 4 rings (SSSR count). The van der Waals surface area contributed by atoms with E-state index in [-0.39, 0.29) is 23.2 Å². The van der Waals surface area contributed by atoms with Gasteiger partial charge in [-0.2, -0.15) is 0 Å². The van der Waals surface area contributed by atoms with E-state index in [1.54, 1.807) is 0 Å². The summed E-state index contributed by atoms with van der Waals surface area (Å²) < 4.78 is 19.6. The fourth-order valence-electron chi connectivity index (χ4n) is 5.17. The molecule has 3 aromatic carbocycles. The van der Waals surface area contributed by atoms with Crippen LogP contribution in [0, 0.1) is 11.2 Å². The summed E-state index contributed by atoms with van der Waals surface area (Å²) in [5.74, 6) is 0.459. The first-order chi connectivity index (χ1) is 18.2. The highest BCUT2D eigenvalue weighted by Gasteiger charge is 2.22. The van der Waals surface area contributed by atoms with Crippen molar-refractivity contribution in [1.29, 1.82) is 0 Å². The van der Waals surface area contributed by atoms with Crippen LogP contribution in [0.4, 0.5) is 4.39 Å². The molecule has 0 bridgehead atoms. The molecule has 0 spiro atoms. The molecule has 5 nitrogen and oxygen atoms in total. The summed E-state index contributed by atoms with van der Waals surface area (Å²) in [4.78, 5) is 17.3. The number of carbonyl (C=O) groups is 1. The molecule has 38 heavy (non-hydrogen) atoms. The molecule has 1 N–H and O–H groups in total.